The molecule has 0 bridgehead atoms. The number of nitro groups is 1. The van der Waals surface area contributed by atoms with Crippen molar-refractivity contribution in [1.29, 1.82) is 0 Å². The van der Waals surface area contributed by atoms with Crippen LogP contribution in [0.2, 0.25) is 0 Å². The molecule has 148 valence electrons. The van der Waals surface area contributed by atoms with E-state index in [1.807, 2.05) is 6.07 Å². The van der Waals surface area contributed by atoms with E-state index in [4.69, 9.17) is 9.47 Å². The van der Waals surface area contributed by atoms with Crippen LogP contribution in [0.1, 0.15) is 18.4 Å². The molecule has 3 heterocycles. The van der Waals surface area contributed by atoms with Gasteiger partial charge in [-0.2, -0.15) is 0 Å². The molecule has 8 nitrogen and oxygen atoms in total. The van der Waals surface area contributed by atoms with Crippen LogP contribution in [-0.4, -0.2) is 21.1 Å². The zero-order chi connectivity index (χ0) is 20.4. The van der Waals surface area contributed by atoms with E-state index >= 15 is 0 Å². The van der Waals surface area contributed by atoms with Crippen LogP contribution >= 0.6 is 0 Å². The number of ether oxygens (including phenoxy) is 2. The number of nitro benzene ring substituents is 1. The monoisotopic (exact) mass is 393 g/mol. The summed E-state index contributed by atoms with van der Waals surface area (Å²) in [6, 6.07) is 7.70. The lowest BCUT2D eigenvalue weighted by Crippen LogP contribution is -2.16. The van der Waals surface area contributed by atoms with Crippen LogP contribution in [0.25, 0.3) is 11.1 Å². The van der Waals surface area contributed by atoms with Gasteiger partial charge in [0.05, 0.1) is 17.7 Å². The summed E-state index contributed by atoms with van der Waals surface area (Å²) in [6.45, 7) is 0.436. The maximum Gasteiger partial charge on any atom is 0.270 e. The minimum absolute atomic E-state index is 0.0781. The summed E-state index contributed by atoms with van der Waals surface area (Å²) < 4.78 is 13.4. The standard InChI is InChI=1S/C21H19N3O5/c1-23-13-17-16-10-15(24(26)27)5-6-18(16)29-20-12-22-8-7-14(20)4-2-3-9-28-19(17)11-21(23)25/h5-8,10-13H,2-4,9H2,1H3. The van der Waals surface area contributed by atoms with Gasteiger partial charge in [0.2, 0.25) is 0 Å². The molecular weight excluding hydrogens is 374 g/mol. The van der Waals surface area contributed by atoms with Crippen LogP contribution in [-0.2, 0) is 13.5 Å². The number of benzene rings is 1. The van der Waals surface area contributed by atoms with Crippen molar-refractivity contribution in [3.8, 4) is 28.4 Å². The molecule has 1 aliphatic rings. The van der Waals surface area contributed by atoms with Gasteiger partial charge in [-0.25, -0.2) is 0 Å². The average molecular weight is 393 g/mol. The van der Waals surface area contributed by atoms with Crippen molar-refractivity contribution in [3.05, 3.63) is 75.0 Å². The fourth-order valence-corrected chi connectivity index (χ4v) is 3.29. The van der Waals surface area contributed by atoms with E-state index in [1.165, 1.54) is 22.8 Å². The van der Waals surface area contributed by atoms with Crippen molar-refractivity contribution < 1.29 is 14.4 Å². The molecular formula is C21H19N3O5. The highest BCUT2D eigenvalue weighted by Gasteiger charge is 2.20. The first-order valence-corrected chi connectivity index (χ1v) is 9.26. The second-order valence-electron chi connectivity index (χ2n) is 6.83. The van der Waals surface area contributed by atoms with Gasteiger partial charge in [0.25, 0.3) is 11.2 Å². The number of aromatic nitrogens is 2. The number of aryl methyl sites for hydroxylation is 2. The molecule has 0 spiro atoms. The predicted molar refractivity (Wildman–Crippen MR) is 107 cm³/mol. The molecule has 0 unspecified atom stereocenters. The van der Waals surface area contributed by atoms with Crippen molar-refractivity contribution >= 4 is 5.69 Å². The Labute approximate surface area is 166 Å². The van der Waals surface area contributed by atoms with Crippen molar-refractivity contribution in [1.82, 2.24) is 9.55 Å². The molecule has 0 radical (unpaired) electrons. The number of hydrogen-bond donors (Lipinski definition) is 0. The summed E-state index contributed by atoms with van der Waals surface area (Å²) in [5.41, 5.74) is 1.73. The number of rotatable bonds is 1. The van der Waals surface area contributed by atoms with E-state index in [0.717, 1.165) is 24.8 Å². The lowest BCUT2D eigenvalue weighted by Gasteiger charge is -2.18. The third kappa shape index (κ3) is 3.82. The molecule has 0 saturated heterocycles. The van der Waals surface area contributed by atoms with Gasteiger partial charge in [0, 0.05) is 48.8 Å². The van der Waals surface area contributed by atoms with Crippen LogP contribution < -0.4 is 15.0 Å². The Hall–Kier alpha value is -3.68. The van der Waals surface area contributed by atoms with Crippen LogP contribution in [0.4, 0.5) is 5.69 Å². The van der Waals surface area contributed by atoms with E-state index in [1.54, 1.807) is 31.7 Å². The smallest absolute Gasteiger partial charge is 0.270 e. The Morgan fingerprint density at radius 1 is 1.10 bits per heavy atom. The highest BCUT2D eigenvalue weighted by atomic mass is 16.6. The highest BCUT2D eigenvalue weighted by Crippen LogP contribution is 2.40. The van der Waals surface area contributed by atoms with E-state index in [0.29, 0.717) is 35.0 Å². The first-order valence-electron chi connectivity index (χ1n) is 9.26. The van der Waals surface area contributed by atoms with E-state index in [2.05, 4.69) is 4.98 Å². The lowest BCUT2D eigenvalue weighted by atomic mass is 10.0. The molecule has 3 aromatic rings. The summed E-state index contributed by atoms with van der Waals surface area (Å²) >= 11 is 0. The number of non-ortho nitro benzene ring substituents is 1. The molecule has 1 aromatic carbocycles. The fraction of sp³-hybridized carbons (Fsp3) is 0.238. The third-order valence-corrected chi connectivity index (χ3v) is 4.84. The van der Waals surface area contributed by atoms with Crippen LogP contribution in [0.3, 0.4) is 0 Å². The van der Waals surface area contributed by atoms with Gasteiger partial charge in [-0.3, -0.25) is 19.9 Å². The molecule has 29 heavy (non-hydrogen) atoms. The molecule has 0 atom stereocenters. The fourth-order valence-electron chi connectivity index (χ4n) is 3.29. The van der Waals surface area contributed by atoms with Crippen LogP contribution in [0.5, 0.6) is 17.2 Å². The van der Waals surface area contributed by atoms with E-state index in [-0.39, 0.29) is 11.2 Å². The Kier molecular flexibility index (Phi) is 4.99. The van der Waals surface area contributed by atoms with Crippen LogP contribution in [0.15, 0.2) is 53.7 Å². The topological polar surface area (TPSA) is 96.5 Å². The largest absolute Gasteiger partial charge is 0.493 e. The van der Waals surface area contributed by atoms with Crippen molar-refractivity contribution in [2.45, 2.75) is 19.3 Å². The summed E-state index contributed by atoms with van der Waals surface area (Å²) in [4.78, 5) is 27.2. The van der Waals surface area contributed by atoms with Crippen molar-refractivity contribution in [2.24, 2.45) is 7.05 Å². The zero-order valence-corrected chi connectivity index (χ0v) is 15.8. The normalized spacial score (nSPS) is 13.4. The Morgan fingerprint density at radius 3 is 2.79 bits per heavy atom. The second kappa shape index (κ2) is 7.75. The van der Waals surface area contributed by atoms with E-state index < -0.39 is 4.92 Å². The van der Waals surface area contributed by atoms with Gasteiger partial charge in [0.15, 0.2) is 0 Å². The number of fused-ring (bicyclic) bond motifs is 4. The minimum Gasteiger partial charge on any atom is -0.493 e. The van der Waals surface area contributed by atoms with Gasteiger partial charge >= 0.3 is 0 Å². The third-order valence-electron chi connectivity index (χ3n) is 4.84. The Balaban J connectivity index is 1.95. The minimum atomic E-state index is -0.464. The van der Waals surface area contributed by atoms with Crippen molar-refractivity contribution in [3.63, 3.8) is 0 Å². The van der Waals surface area contributed by atoms with Crippen molar-refractivity contribution in [2.75, 3.05) is 6.61 Å². The molecule has 1 aliphatic heterocycles. The molecule has 4 rings (SSSR count). The van der Waals surface area contributed by atoms with Gasteiger partial charge in [-0.05, 0) is 37.0 Å². The Morgan fingerprint density at radius 2 is 1.97 bits per heavy atom. The highest BCUT2D eigenvalue weighted by molar-refractivity contribution is 5.77. The maximum absolute atomic E-state index is 12.2. The number of pyridine rings is 2. The molecule has 0 amide bonds. The SMILES string of the molecule is Cn1cc2c(cc1=O)OCCCCc1ccncc1Oc1ccc([N+](=O)[O-])cc1-2. The van der Waals surface area contributed by atoms with Gasteiger partial charge in [0.1, 0.15) is 17.2 Å². The van der Waals surface area contributed by atoms with E-state index in [9.17, 15) is 14.9 Å². The zero-order valence-electron chi connectivity index (χ0n) is 15.8. The first kappa shape index (κ1) is 18.7. The first-order chi connectivity index (χ1) is 14.0. The lowest BCUT2D eigenvalue weighted by molar-refractivity contribution is -0.384. The molecule has 0 N–H and O–H groups in total. The summed E-state index contributed by atoms with van der Waals surface area (Å²) in [6.07, 6.45) is 7.43. The summed E-state index contributed by atoms with van der Waals surface area (Å²) in [5.74, 6) is 1.41. The predicted octanol–water partition coefficient (Wildman–Crippen LogP) is 3.86. The Bertz CT molecular complexity index is 1140. The van der Waals surface area contributed by atoms with Gasteiger partial charge in [-0.1, -0.05) is 0 Å². The quantitative estimate of drug-likeness (QED) is 0.460. The van der Waals surface area contributed by atoms with Gasteiger partial charge in [-0.15, -0.1) is 0 Å². The maximum atomic E-state index is 12.2. The molecule has 0 fully saturated rings. The van der Waals surface area contributed by atoms with Gasteiger partial charge < -0.3 is 14.0 Å². The summed E-state index contributed by atoms with van der Waals surface area (Å²) in [7, 11) is 1.62. The second-order valence-corrected chi connectivity index (χ2v) is 6.83. The summed E-state index contributed by atoms with van der Waals surface area (Å²) in [5, 5.41) is 11.4. The van der Waals surface area contributed by atoms with Crippen LogP contribution in [0, 0.1) is 10.1 Å². The molecule has 0 aliphatic carbocycles. The number of hydrogen-bond acceptors (Lipinski definition) is 6. The molecule has 2 aromatic heterocycles. The molecule has 8 heteroatoms. The average Bonchev–Trinajstić information content (AvgIpc) is 2.70. The number of nitrogens with zero attached hydrogens (tertiary/aromatic N) is 3. The molecule has 0 saturated carbocycles.